The predicted molar refractivity (Wildman–Crippen MR) is 18.2 cm³/mol. The average Bonchev–Trinajstić information content (AvgIpc) is 1.67. The summed E-state index contributed by atoms with van der Waals surface area (Å²) in [5.41, 5.74) is 0. The van der Waals surface area contributed by atoms with E-state index in [-0.39, 0.29) is 0 Å². The SMILES string of the molecule is N#CC(F)(F)C(=O)O. The van der Waals surface area contributed by atoms with Gasteiger partial charge in [0.25, 0.3) is 0 Å². The van der Waals surface area contributed by atoms with E-state index in [1.807, 2.05) is 0 Å². The van der Waals surface area contributed by atoms with Crippen LogP contribution in [0.3, 0.4) is 0 Å². The van der Waals surface area contributed by atoms with Crippen LogP contribution in [0.4, 0.5) is 8.78 Å². The van der Waals surface area contributed by atoms with E-state index in [1.54, 1.807) is 0 Å². The molecule has 0 unspecified atom stereocenters. The summed E-state index contributed by atoms with van der Waals surface area (Å²) in [5, 5.41) is 14.9. The second-order valence-electron chi connectivity index (χ2n) is 0.991. The number of carbonyl (C=O) groups is 1. The third kappa shape index (κ3) is 1.15. The molecule has 1 N–H and O–H groups in total. The fourth-order valence-corrected chi connectivity index (χ4v) is 0.0478. The van der Waals surface area contributed by atoms with Crippen LogP contribution in [-0.2, 0) is 4.79 Å². The van der Waals surface area contributed by atoms with E-state index in [2.05, 4.69) is 0 Å². The van der Waals surface area contributed by atoms with Gasteiger partial charge in [-0.2, -0.15) is 14.0 Å². The minimum absolute atomic E-state index is 0.308. The Balaban J connectivity index is 4.19. The quantitative estimate of drug-likeness (QED) is 0.540. The Kier molecular flexibility index (Phi) is 1.48. The van der Waals surface area contributed by atoms with E-state index in [0.29, 0.717) is 6.07 Å². The van der Waals surface area contributed by atoms with Crippen molar-refractivity contribution >= 4 is 5.97 Å². The molecule has 0 bridgehead atoms. The molecule has 0 saturated carbocycles. The molecule has 3 nitrogen and oxygen atoms in total. The molecular formula is C3HF2NO2. The summed E-state index contributed by atoms with van der Waals surface area (Å²) >= 11 is 0. The van der Waals surface area contributed by atoms with Crippen LogP contribution in [0.2, 0.25) is 0 Å². The first-order chi connectivity index (χ1) is 3.50. The summed E-state index contributed by atoms with van der Waals surface area (Å²) in [6.07, 6.45) is 0. The van der Waals surface area contributed by atoms with Gasteiger partial charge in [-0.25, -0.2) is 4.79 Å². The number of carboxylic acid groups (broad SMARTS) is 1. The van der Waals surface area contributed by atoms with E-state index < -0.39 is 11.9 Å². The maximum atomic E-state index is 11.3. The zero-order valence-corrected chi connectivity index (χ0v) is 3.56. The molecule has 0 fully saturated rings. The van der Waals surface area contributed by atoms with Gasteiger partial charge in [0.15, 0.2) is 6.07 Å². The lowest BCUT2D eigenvalue weighted by Crippen LogP contribution is -2.25. The minimum atomic E-state index is -4.24. The highest BCUT2D eigenvalue weighted by atomic mass is 19.3. The van der Waals surface area contributed by atoms with E-state index in [4.69, 9.17) is 10.4 Å². The Bertz CT molecular complexity index is 148. The largest absolute Gasteiger partial charge is 0.476 e. The van der Waals surface area contributed by atoms with Gasteiger partial charge in [0, 0.05) is 0 Å². The summed E-state index contributed by atoms with van der Waals surface area (Å²) in [7, 11) is 0. The average molecular weight is 121 g/mol. The molecule has 8 heavy (non-hydrogen) atoms. The normalized spacial score (nSPS) is 10.1. The highest BCUT2D eigenvalue weighted by molar-refractivity contribution is 5.78. The molecule has 0 heterocycles. The van der Waals surface area contributed by atoms with Crippen LogP contribution in [-0.4, -0.2) is 17.0 Å². The van der Waals surface area contributed by atoms with Gasteiger partial charge in [-0.3, -0.25) is 0 Å². The van der Waals surface area contributed by atoms with Crippen LogP contribution in [0.15, 0.2) is 0 Å². The van der Waals surface area contributed by atoms with Crippen molar-refractivity contribution in [2.75, 3.05) is 0 Å². The van der Waals surface area contributed by atoms with Crippen LogP contribution in [0.25, 0.3) is 0 Å². The van der Waals surface area contributed by atoms with E-state index in [1.165, 1.54) is 0 Å². The van der Waals surface area contributed by atoms with Gasteiger partial charge < -0.3 is 5.11 Å². The highest BCUT2D eigenvalue weighted by Gasteiger charge is 2.38. The lowest BCUT2D eigenvalue weighted by molar-refractivity contribution is -0.157. The third-order valence-electron chi connectivity index (χ3n) is 0.409. The first-order valence-electron chi connectivity index (χ1n) is 1.53. The topological polar surface area (TPSA) is 61.1 Å². The fourth-order valence-electron chi connectivity index (χ4n) is 0.0478. The number of hydrogen-bond donors (Lipinski definition) is 1. The molecule has 0 spiro atoms. The van der Waals surface area contributed by atoms with Crippen LogP contribution >= 0.6 is 0 Å². The molecule has 0 saturated heterocycles. The number of carboxylic acids is 1. The van der Waals surface area contributed by atoms with Gasteiger partial charge >= 0.3 is 11.9 Å². The van der Waals surface area contributed by atoms with Gasteiger partial charge in [0.2, 0.25) is 0 Å². The molecule has 5 heteroatoms. The van der Waals surface area contributed by atoms with Crippen LogP contribution in [0.5, 0.6) is 0 Å². The number of rotatable bonds is 1. The summed E-state index contributed by atoms with van der Waals surface area (Å²) in [4.78, 5) is 9.28. The van der Waals surface area contributed by atoms with Gasteiger partial charge in [-0.05, 0) is 0 Å². The molecule has 0 aromatic rings. The fraction of sp³-hybridized carbons (Fsp3) is 0.333. The smallest absolute Gasteiger partial charge is 0.426 e. The molecule has 0 atom stereocenters. The standard InChI is InChI=1S/C3HF2NO2/c4-3(5,1-6)2(7)8/h(H,7,8). The van der Waals surface area contributed by atoms with E-state index in [0.717, 1.165) is 0 Å². The molecule has 0 aliphatic carbocycles. The zero-order chi connectivity index (χ0) is 6.78. The Hall–Kier alpha value is -1.18. The van der Waals surface area contributed by atoms with E-state index in [9.17, 15) is 13.6 Å². The summed E-state index contributed by atoms with van der Waals surface area (Å²) < 4.78 is 22.6. The second-order valence-corrected chi connectivity index (χ2v) is 0.991. The number of halogens is 2. The number of hydrogen-bond acceptors (Lipinski definition) is 2. The zero-order valence-electron chi connectivity index (χ0n) is 3.56. The summed E-state index contributed by atoms with van der Waals surface area (Å²) in [6.45, 7) is 0. The maximum Gasteiger partial charge on any atom is 0.426 e. The Morgan fingerprint density at radius 3 is 2.12 bits per heavy atom. The summed E-state index contributed by atoms with van der Waals surface area (Å²) in [6, 6.07) is 0.308. The van der Waals surface area contributed by atoms with Crippen LogP contribution < -0.4 is 0 Å². The Morgan fingerprint density at radius 1 is 1.75 bits per heavy atom. The maximum absolute atomic E-state index is 11.3. The van der Waals surface area contributed by atoms with Crippen molar-refractivity contribution in [1.82, 2.24) is 0 Å². The number of alkyl halides is 2. The van der Waals surface area contributed by atoms with Gasteiger partial charge in [0.05, 0.1) is 0 Å². The molecule has 44 valence electrons. The van der Waals surface area contributed by atoms with Crippen LogP contribution in [0.1, 0.15) is 0 Å². The first-order valence-corrected chi connectivity index (χ1v) is 1.53. The van der Waals surface area contributed by atoms with Gasteiger partial charge in [-0.15, -0.1) is 0 Å². The van der Waals surface area contributed by atoms with Gasteiger partial charge in [-0.1, -0.05) is 0 Å². The third-order valence-corrected chi connectivity index (χ3v) is 0.409. The first kappa shape index (κ1) is 6.82. The minimum Gasteiger partial charge on any atom is -0.476 e. The van der Waals surface area contributed by atoms with Crippen molar-refractivity contribution < 1.29 is 18.7 Å². The molecule has 0 aromatic carbocycles. The van der Waals surface area contributed by atoms with Crippen molar-refractivity contribution in [3.05, 3.63) is 0 Å². The van der Waals surface area contributed by atoms with E-state index >= 15 is 0 Å². The molecule has 0 aromatic heterocycles. The molecule has 0 aliphatic heterocycles. The number of nitriles is 1. The van der Waals surface area contributed by atoms with Crippen molar-refractivity contribution in [2.24, 2.45) is 0 Å². The summed E-state index contributed by atoms with van der Waals surface area (Å²) in [5.74, 6) is -6.65. The molecular weight excluding hydrogens is 120 g/mol. The number of aliphatic carboxylic acids is 1. The Morgan fingerprint density at radius 2 is 2.12 bits per heavy atom. The molecule has 0 rings (SSSR count). The number of nitrogens with zero attached hydrogens (tertiary/aromatic N) is 1. The Labute approximate surface area is 43.1 Å². The predicted octanol–water partition coefficient (Wildman–Crippen LogP) is 0.230. The van der Waals surface area contributed by atoms with Crippen molar-refractivity contribution in [1.29, 1.82) is 5.26 Å². The van der Waals surface area contributed by atoms with Crippen LogP contribution in [0, 0.1) is 11.3 Å². The monoisotopic (exact) mass is 121 g/mol. The molecule has 0 amide bonds. The van der Waals surface area contributed by atoms with Crippen molar-refractivity contribution in [2.45, 2.75) is 5.92 Å². The van der Waals surface area contributed by atoms with Crippen molar-refractivity contribution in [3.8, 4) is 6.07 Å². The second kappa shape index (κ2) is 1.74. The van der Waals surface area contributed by atoms with Crippen molar-refractivity contribution in [3.63, 3.8) is 0 Å². The molecule has 0 radical (unpaired) electrons. The lowest BCUT2D eigenvalue weighted by Gasteiger charge is -1.95. The highest BCUT2D eigenvalue weighted by Crippen LogP contribution is 2.09. The lowest BCUT2D eigenvalue weighted by atomic mass is 10.4. The molecule has 0 aliphatic rings. The van der Waals surface area contributed by atoms with Gasteiger partial charge in [0.1, 0.15) is 0 Å².